The van der Waals surface area contributed by atoms with Crippen molar-refractivity contribution in [2.45, 2.75) is 5.03 Å². The molecular weight excluding hydrogens is 392 g/mol. The molecule has 144 valence electrons. The Bertz CT molecular complexity index is 1310. The van der Waals surface area contributed by atoms with Crippen molar-refractivity contribution in [3.05, 3.63) is 78.8 Å². The molecule has 0 aliphatic carbocycles. The van der Waals surface area contributed by atoms with Crippen molar-refractivity contribution in [3.63, 3.8) is 0 Å². The van der Waals surface area contributed by atoms with Crippen molar-refractivity contribution in [1.82, 2.24) is 15.0 Å². The summed E-state index contributed by atoms with van der Waals surface area (Å²) in [7, 11) is -3.98. The number of benzene rings is 2. The third-order valence-corrected chi connectivity index (χ3v) is 5.40. The lowest BCUT2D eigenvalue weighted by Gasteiger charge is -2.12. The van der Waals surface area contributed by atoms with Crippen LogP contribution in [0, 0.1) is 0 Å². The van der Waals surface area contributed by atoms with E-state index in [1.54, 1.807) is 48.5 Å². The van der Waals surface area contributed by atoms with Crippen LogP contribution in [0.4, 0.5) is 5.69 Å². The average Bonchev–Trinajstić information content (AvgIpc) is 2.74. The predicted octanol–water partition coefficient (Wildman–Crippen LogP) is 3.19. The fraction of sp³-hybridized carbons (Fsp3) is 0. The molecule has 0 unspecified atom stereocenters. The molecule has 0 aliphatic heterocycles. The second-order valence-corrected chi connectivity index (χ2v) is 7.67. The second kappa shape index (κ2) is 7.28. The Hall–Kier alpha value is -3.85. The summed E-state index contributed by atoms with van der Waals surface area (Å²) in [5.41, 5.74) is 1.40. The zero-order chi connectivity index (χ0) is 20.4. The molecule has 0 aliphatic rings. The highest BCUT2D eigenvalue weighted by Gasteiger charge is 2.20. The van der Waals surface area contributed by atoms with Gasteiger partial charge in [0.25, 0.3) is 10.0 Å². The minimum absolute atomic E-state index is 0.134. The number of carboxylic acids is 1. The fourth-order valence-electron chi connectivity index (χ4n) is 2.85. The fourth-order valence-corrected chi connectivity index (χ4v) is 3.87. The Balaban J connectivity index is 1.93. The molecule has 9 heteroatoms. The van der Waals surface area contributed by atoms with Crippen LogP contribution in [0.3, 0.4) is 0 Å². The van der Waals surface area contributed by atoms with E-state index in [0.717, 1.165) is 0 Å². The minimum atomic E-state index is -3.98. The molecule has 0 saturated heterocycles. The van der Waals surface area contributed by atoms with Gasteiger partial charge in [-0.15, -0.1) is 0 Å². The van der Waals surface area contributed by atoms with E-state index in [-0.39, 0.29) is 16.2 Å². The van der Waals surface area contributed by atoms with Crippen LogP contribution in [0.5, 0.6) is 0 Å². The quantitative estimate of drug-likeness (QED) is 0.522. The zero-order valence-electron chi connectivity index (χ0n) is 14.9. The molecule has 0 atom stereocenters. The number of sulfonamides is 1. The van der Waals surface area contributed by atoms with Crippen LogP contribution in [0.25, 0.3) is 22.2 Å². The summed E-state index contributed by atoms with van der Waals surface area (Å²) in [4.78, 5) is 23.7. The first-order valence-electron chi connectivity index (χ1n) is 8.49. The summed E-state index contributed by atoms with van der Waals surface area (Å²) in [5.74, 6) is -1.74. The van der Waals surface area contributed by atoms with E-state index in [4.69, 9.17) is 0 Å². The van der Waals surface area contributed by atoms with Crippen molar-refractivity contribution in [1.29, 1.82) is 0 Å². The van der Waals surface area contributed by atoms with Gasteiger partial charge in [-0.05, 0) is 18.2 Å². The lowest BCUT2D eigenvalue weighted by molar-refractivity contribution is 0.0684. The van der Waals surface area contributed by atoms with E-state index >= 15 is 0 Å². The van der Waals surface area contributed by atoms with E-state index in [0.29, 0.717) is 16.6 Å². The van der Waals surface area contributed by atoms with E-state index in [2.05, 4.69) is 19.7 Å². The van der Waals surface area contributed by atoms with Crippen LogP contribution in [-0.4, -0.2) is 34.4 Å². The molecule has 0 amide bonds. The molecule has 2 aromatic heterocycles. The Labute approximate surface area is 166 Å². The predicted molar refractivity (Wildman–Crippen MR) is 107 cm³/mol. The maximum absolute atomic E-state index is 12.7. The topological polar surface area (TPSA) is 122 Å². The summed E-state index contributed by atoms with van der Waals surface area (Å²) in [6.45, 7) is 0. The molecule has 2 aromatic carbocycles. The highest BCUT2D eigenvalue weighted by molar-refractivity contribution is 7.92. The smallest absolute Gasteiger partial charge is 0.373 e. The lowest BCUT2D eigenvalue weighted by Crippen LogP contribution is -2.15. The first-order valence-corrected chi connectivity index (χ1v) is 9.97. The van der Waals surface area contributed by atoms with E-state index in [1.165, 1.54) is 18.3 Å². The van der Waals surface area contributed by atoms with Crippen LogP contribution >= 0.6 is 0 Å². The number of pyridine rings is 1. The number of fused-ring (bicyclic) bond motifs is 1. The maximum Gasteiger partial charge on any atom is 0.373 e. The Morgan fingerprint density at radius 2 is 1.66 bits per heavy atom. The Kier molecular flexibility index (Phi) is 4.65. The largest absolute Gasteiger partial charge is 0.475 e. The van der Waals surface area contributed by atoms with Gasteiger partial charge in [-0.1, -0.05) is 48.5 Å². The number of rotatable bonds is 5. The molecule has 29 heavy (non-hydrogen) atoms. The van der Waals surface area contributed by atoms with Gasteiger partial charge < -0.3 is 5.11 Å². The van der Waals surface area contributed by atoms with Gasteiger partial charge in [-0.2, -0.15) is 8.42 Å². The monoisotopic (exact) mass is 406 g/mol. The molecule has 4 rings (SSSR count). The van der Waals surface area contributed by atoms with Gasteiger partial charge in [0.05, 0.1) is 16.9 Å². The standard InChI is InChI=1S/C20H14N4O4S/c25-20(26)19-22-17(13-7-2-1-3-8-13)14-9-6-10-15(18(14)23-19)24-29(27,28)16-11-4-5-12-21-16/h1-12,24H,(H,25,26). The molecular formula is C20H14N4O4S. The first kappa shape index (κ1) is 18.5. The van der Waals surface area contributed by atoms with E-state index < -0.39 is 21.8 Å². The maximum atomic E-state index is 12.7. The van der Waals surface area contributed by atoms with Gasteiger partial charge in [0.2, 0.25) is 5.82 Å². The minimum Gasteiger partial charge on any atom is -0.475 e. The van der Waals surface area contributed by atoms with Crippen molar-refractivity contribution < 1.29 is 18.3 Å². The van der Waals surface area contributed by atoms with Gasteiger partial charge in [0, 0.05) is 17.1 Å². The number of aromatic nitrogens is 3. The number of carboxylic acid groups (broad SMARTS) is 1. The van der Waals surface area contributed by atoms with Crippen LogP contribution in [0.15, 0.2) is 78.0 Å². The van der Waals surface area contributed by atoms with Crippen LogP contribution < -0.4 is 4.72 Å². The normalized spacial score (nSPS) is 11.3. The van der Waals surface area contributed by atoms with Crippen LogP contribution in [0.2, 0.25) is 0 Å². The Morgan fingerprint density at radius 3 is 2.34 bits per heavy atom. The third kappa shape index (κ3) is 3.63. The van der Waals surface area contributed by atoms with Gasteiger partial charge >= 0.3 is 5.97 Å². The lowest BCUT2D eigenvalue weighted by atomic mass is 10.1. The molecule has 0 saturated carbocycles. The second-order valence-electron chi connectivity index (χ2n) is 6.04. The summed E-state index contributed by atoms with van der Waals surface area (Å²) in [5, 5.41) is 9.80. The molecule has 0 spiro atoms. The summed E-state index contributed by atoms with van der Waals surface area (Å²) in [6, 6.07) is 18.4. The van der Waals surface area contributed by atoms with Crippen molar-refractivity contribution >= 4 is 32.6 Å². The summed E-state index contributed by atoms with van der Waals surface area (Å²) in [6.07, 6.45) is 1.37. The number of hydrogen-bond donors (Lipinski definition) is 2. The molecule has 4 aromatic rings. The highest BCUT2D eigenvalue weighted by atomic mass is 32.2. The van der Waals surface area contributed by atoms with Crippen LogP contribution in [-0.2, 0) is 10.0 Å². The average molecular weight is 406 g/mol. The first-order chi connectivity index (χ1) is 14.0. The number of carbonyl (C=O) groups is 1. The molecule has 8 nitrogen and oxygen atoms in total. The number of para-hydroxylation sites is 1. The molecule has 0 fully saturated rings. The summed E-state index contributed by atoms with van der Waals surface area (Å²) < 4.78 is 27.8. The van der Waals surface area contributed by atoms with Gasteiger partial charge in [-0.25, -0.2) is 19.7 Å². The Morgan fingerprint density at radius 1 is 0.897 bits per heavy atom. The number of hydrogen-bond acceptors (Lipinski definition) is 6. The van der Waals surface area contributed by atoms with Gasteiger partial charge in [0.15, 0.2) is 5.03 Å². The molecule has 2 N–H and O–H groups in total. The molecule has 0 radical (unpaired) electrons. The number of anilines is 1. The summed E-state index contributed by atoms with van der Waals surface area (Å²) >= 11 is 0. The van der Waals surface area contributed by atoms with Crippen LogP contribution in [0.1, 0.15) is 10.6 Å². The van der Waals surface area contributed by atoms with Gasteiger partial charge in [-0.3, -0.25) is 4.72 Å². The number of aromatic carboxylic acids is 1. The molecule has 0 bridgehead atoms. The van der Waals surface area contributed by atoms with E-state index in [1.807, 2.05) is 6.07 Å². The molecule has 2 heterocycles. The van der Waals surface area contributed by atoms with Crippen molar-refractivity contribution in [2.24, 2.45) is 0 Å². The van der Waals surface area contributed by atoms with Crippen molar-refractivity contribution in [2.75, 3.05) is 4.72 Å². The van der Waals surface area contributed by atoms with Gasteiger partial charge in [0.1, 0.15) is 0 Å². The number of nitrogens with one attached hydrogen (secondary N) is 1. The zero-order valence-corrected chi connectivity index (χ0v) is 15.7. The third-order valence-electron chi connectivity index (χ3n) is 4.12. The SMILES string of the molecule is O=C(O)c1nc(-c2ccccc2)c2cccc(NS(=O)(=O)c3ccccn3)c2n1. The van der Waals surface area contributed by atoms with Crippen molar-refractivity contribution in [3.8, 4) is 11.3 Å². The highest BCUT2D eigenvalue weighted by Crippen LogP contribution is 2.31. The number of nitrogens with zero attached hydrogens (tertiary/aromatic N) is 3. The van der Waals surface area contributed by atoms with E-state index in [9.17, 15) is 18.3 Å².